The van der Waals surface area contributed by atoms with Crippen LogP contribution >= 0.6 is 0 Å². The number of nitrogens with zero attached hydrogens (tertiary/aromatic N) is 3. The van der Waals surface area contributed by atoms with Gasteiger partial charge in [-0.05, 0) is 36.8 Å². The lowest BCUT2D eigenvalue weighted by molar-refractivity contribution is 0.103. The Labute approximate surface area is 157 Å². The van der Waals surface area contributed by atoms with E-state index in [4.69, 9.17) is 0 Å². The van der Waals surface area contributed by atoms with Crippen molar-refractivity contribution in [3.8, 4) is 0 Å². The number of carbonyl (C=O) groups is 1. The van der Waals surface area contributed by atoms with Gasteiger partial charge in [-0.1, -0.05) is 6.92 Å². The van der Waals surface area contributed by atoms with Gasteiger partial charge in [0.1, 0.15) is 16.8 Å². The van der Waals surface area contributed by atoms with Gasteiger partial charge in [-0.2, -0.15) is 0 Å². The molecule has 0 aliphatic rings. The third-order valence-electron chi connectivity index (χ3n) is 4.05. The van der Waals surface area contributed by atoms with E-state index < -0.39 is 34.0 Å². The van der Waals surface area contributed by atoms with E-state index in [0.717, 1.165) is 6.07 Å². The van der Waals surface area contributed by atoms with E-state index in [1.807, 2.05) is 6.92 Å². The predicted octanol–water partition coefficient (Wildman–Crippen LogP) is 3.65. The summed E-state index contributed by atoms with van der Waals surface area (Å²) in [6, 6.07) is 6.64. The number of halogens is 2. The summed E-state index contributed by atoms with van der Waals surface area (Å²) < 4.78 is 42.6. The summed E-state index contributed by atoms with van der Waals surface area (Å²) in [5.41, 5.74) is 0.332. The van der Waals surface area contributed by atoms with Crippen LogP contribution in [-0.2, 0) is 11.0 Å². The van der Waals surface area contributed by atoms with Crippen molar-refractivity contribution in [1.29, 1.82) is 0 Å². The van der Waals surface area contributed by atoms with Gasteiger partial charge in [-0.3, -0.25) is 19.1 Å². The van der Waals surface area contributed by atoms with E-state index in [0.29, 0.717) is 23.2 Å². The van der Waals surface area contributed by atoms with Gasteiger partial charge >= 0.3 is 0 Å². The molecule has 3 rings (SSSR count). The van der Waals surface area contributed by atoms with Crippen molar-refractivity contribution < 1.29 is 17.8 Å². The summed E-state index contributed by atoms with van der Waals surface area (Å²) in [6.07, 6.45) is 3.62. The molecule has 0 amide bonds. The molecule has 2 aromatic carbocycles. The molecule has 3 aromatic rings. The number of hydrogen-bond donors (Lipinski definition) is 0. The van der Waals surface area contributed by atoms with Gasteiger partial charge in [-0.25, -0.2) is 13.0 Å². The Morgan fingerprint density at radius 1 is 1.11 bits per heavy atom. The zero-order valence-electron chi connectivity index (χ0n) is 14.8. The number of aromatic nitrogens is 2. The molecule has 1 atom stereocenters. The summed E-state index contributed by atoms with van der Waals surface area (Å²) in [7, 11) is -0.0295. The van der Waals surface area contributed by atoms with Crippen LogP contribution in [0.3, 0.4) is 0 Å². The molecule has 8 heteroatoms. The first kappa shape index (κ1) is 19.0. The zero-order valence-corrected chi connectivity index (χ0v) is 15.6. The van der Waals surface area contributed by atoms with Crippen LogP contribution < -0.4 is 4.31 Å². The van der Waals surface area contributed by atoms with Crippen LogP contribution in [-0.4, -0.2) is 32.8 Å². The average molecular weight is 389 g/mol. The third-order valence-corrected chi connectivity index (χ3v) is 5.62. The highest BCUT2D eigenvalue weighted by Gasteiger charge is 2.25. The predicted molar refractivity (Wildman–Crippen MR) is 101 cm³/mol. The van der Waals surface area contributed by atoms with Gasteiger partial charge in [0.25, 0.3) is 0 Å². The van der Waals surface area contributed by atoms with Gasteiger partial charge in [0.05, 0.1) is 22.3 Å². The minimum Gasteiger partial charge on any atom is -0.292 e. The fourth-order valence-electron chi connectivity index (χ4n) is 2.66. The maximum atomic E-state index is 15.0. The van der Waals surface area contributed by atoms with Crippen molar-refractivity contribution in [3.05, 3.63) is 65.5 Å². The second kappa shape index (κ2) is 7.87. The van der Waals surface area contributed by atoms with Crippen molar-refractivity contribution in [2.45, 2.75) is 13.3 Å². The number of benzene rings is 2. The number of carbonyl (C=O) groups excluding carboxylic acids is 1. The largest absolute Gasteiger partial charge is 0.292 e. The fraction of sp³-hybridized carbons (Fsp3) is 0.211. The van der Waals surface area contributed by atoms with E-state index in [2.05, 4.69) is 9.97 Å². The van der Waals surface area contributed by atoms with Gasteiger partial charge < -0.3 is 0 Å². The molecule has 1 aromatic heterocycles. The topological polar surface area (TPSA) is 63.2 Å². The fourth-order valence-corrected chi connectivity index (χ4v) is 3.65. The molecule has 0 bridgehead atoms. The van der Waals surface area contributed by atoms with Gasteiger partial charge in [0, 0.05) is 30.8 Å². The van der Waals surface area contributed by atoms with Crippen molar-refractivity contribution >= 4 is 33.5 Å². The van der Waals surface area contributed by atoms with Crippen LogP contribution in [0.1, 0.15) is 29.3 Å². The summed E-state index contributed by atoms with van der Waals surface area (Å²) in [6.45, 7) is 1.85. The maximum absolute atomic E-state index is 15.0. The standard InChI is InChI=1S/C19H17F2N3O2S/c1-3-10-27(26)24(2)16-7-5-13(20)17(18(16)21)19(25)12-4-6-14-15(11-12)23-9-8-22-14/h4-9,11H,3,10H2,1-2H3. The molecule has 5 nitrogen and oxygen atoms in total. The quantitative estimate of drug-likeness (QED) is 0.604. The first-order valence-corrected chi connectivity index (χ1v) is 9.57. The van der Waals surface area contributed by atoms with Crippen molar-refractivity contribution in [2.24, 2.45) is 0 Å². The summed E-state index contributed by atoms with van der Waals surface area (Å²) in [5, 5.41) is 0. The molecule has 1 heterocycles. The molecular formula is C19H17F2N3O2S. The summed E-state index contributed by atoms with van der Waals surface area (Å²) in [5.74, 6) is -2.49. The highest BCUT2D eigenvalue weighted by Crippen LogP contribution is 2.27. The van der Waals surface area contributed by atoms with Gasteiger partial charge in [0.2, 0.25) is 0 Å². The normalized spacial score (nSPS) is 12.1. The minimum atomic E-state index is -1.48. The molecule has 1 unspecified atom stereocenters. The first-order chi connectivity index (χ1) is 12.9. The lowest BCUT2D eigenvalue weighted by atomic mass is 10.0. The second-order valence-electron chi connectivity index (χ2n) is 5.87. The van der Waals surface area contributed by atoms with E-state index in [9.17, 15) is 17.8 Å². The van der Waals surface area contributed by atoms with E-state index in [1.54, 1.807) is 6.07 Å². The van der Waals surface area contributed by atoms with Crippen molar-refractivity contribution in [1.82, 2.24) is 9.97 Å². The molecule has 0 spiro atoms. The highest BCUT2D eigenvalue weighted by atomic mass is 32.2. The zero-order chi connectivity index (χ0) is 19.6. The molecule has 27 heavy (non-hydrogen) atoms. The number of anilines is 1. The van der Waals surface area contributed by atoms with Crippen LogP contribution in [0.25, 0.3) is 11.0 Å². The summed E-state index contributed by atoms with van der Waals surface area (Å²) in [4.78, 5) is 21.0. The third kappa shape index (κ3) is 3.71. The molecular weight excluding hydrogens is 372 g/mol. The van der Waals surface area contributed by atoms with Crippen LogP contribution in [0, 0.1) is 11.6 Å². The number of ketones is 1. The van der Waals surface area contributed by atoms with E-state index in [1.165, 1.54) is 41.9 Å². The lowest BCUT2D eigenvalue weighted by Gasteiger charge is -2.19. The molecule has 140 valence electrons. The van der Waals surface area contributed by atoms with Crippen LogP contribution in [0.5, 0.6) is 0 Å². The molecule has 0 radical (unpaired) electrons. The molecule has 0 fully saturated rings. The molecule has 0 saturated carbocycles. The Morgan fingerprint density at radius 2 is 1.81 bits per heavy atom. The molecule has 0 aliphatic carbocycles. The van der Waals surface area contributed by atoms with Gasteiger partial charge in [0.15, 0.2) is 11.6 Å². The average Bonchev–Trinajstić information content (AvgIpc) is 2.67. The SMILES string of the molecule is CCCS(=O)N(C)c1ccc(F)c(C(=O)c2ccc3nccnc3c2)c1F. The van der Waals surface area contributed by atoms with Crippen molar-refractivity contribution in [3.63, 3.8) is 0 Å². The number of fused-ring (bicyclic) bond motifs is 1. The second-order valence-corrected chi connectivity index (χ2v) is 7.47. The Hall–Kier alpha value is -2.74. The first-order valence-electron chi connectivity index (χ1n) is 8.29. The molecule has 0 aliphatic heterocycles. The van der Waals surface area contributed by atoms with Crippen molar-refractivity contribution in [2.75, 3.05) is 17.1 Å². The van der Waals surface area contributed by atoms with Crippen LogP contribution in [0.2, 0.25) is 0 Å². The van der Waals surface area contributed by atoms with Gasteiger partial charge in [-0.15, -0.1) is 0 Å². The van der Waals surface area contributed by atoms with Crippen LogP contribution in [0.15, 0.2) is 42.7 Å². The van der Waals surface area contributed by atoms with E-state index >= 15 is 0 Å². The molecule has 0 saturated heterocycles. The number of rotatable bonds is 6. The van der Waals surface area contributed by atoms with Crippen LogP contribution in [0.4, 0.5) is 14.5 Å². The Bertz CT molecular complexity index is 1040. The smallest absolute Gasteiger partial charge is 0.199 e. The Balaban J connectivity index is 2.05. The highest BCUT2D eigenvalue weighted by molar-refractivity contribution is 7.86. The minimum absolute atomic E-state index is 0.0906. The summed E-state index contributed by atoms with van der Waals surface area (Å²) >= 11 is 0. The Kier molecular flexibility index (Phi) is 5.55. The lowest BCUT2D eigenvalue weighted by Crippen LogP contribution is -2.24. The number of hydrogen-bond acceptors (Lipinski definition) is 4. The monoisotopic (exact) mass is 389 g/mol. The van der Waals surface area contributed by atoms with E-state index in [-0.39, 0.29) is 11.3 Å². The molecule has 0 N–H and O–H groups in total. The maximum Gasteiger partial charge on any atom is 0.199 e. The Morgan fingerprint density at radius 3 is 2.52 bits per heavy atom.